The first-order chi connectivity index (χ1) is 14.5. The number of amides is 1. The number of piperidine rings is 1. The topological polar surface area (TPSA) is 82.9 Å². The van der Waals surface area contributed by atoms with Gasteiger partial charge >= 0.3 is 0 Å². The van der Waals surface area contributed by atoms with E-state index in [2.05, 4.69) is 10.2 Å². The SMILES string of the molecule is O=C(Cc1ccc(S(=O)(=O)N2CCCCC2)s1)NCC(c1ccco1)N1CCCC1. The van der Waals surface area contributed by atoms with Crippen molar-refractivity contribution < 1.29 is 17.6 Å². The first kappa shape index (κ1) is 21.5. The van der Waals surface area contributed by atoms with Gasteiger partial charge in [-0.05, 0) is 63.0 Å². The Morgan fingerprint density at radius 3 is 2.50 bits per heavy atom. The van der Waals surface area contributed by atoms with Crippen LogP contribution in [-0.4, -0.2) is 56.3 Å². The fourth-order valence-electron chi connectivity index (χ4n) is 4.20. The van der Waals surface area contributed by atoms with E-state index in [9.17, 15) is 13.2 Å². The van der Waals surface area contributed by atoms with Gasteiger partial charge < -0.3 is 9.73 Å². The van der Waals surface area contributed by atoms with Crippen molar-refractivity contribution >= 4 is 27.3 Å². The van der Waals surface area contributed by atoms with Crippen LogP contribution in [0.5, 0.6) is 0 Å². The Labute approximate surface area is 182 Å². The molecule has 2 saturated heterocycles. The smallest absolute Gasteiger partial charge is 0.252 e. The normalized spacial score (nSPS) is 19.7. The number of furan rings is 1. The van der Waals surface area contributed by atoms with Gasteiger partial charge in [-0.15, -0.1) is 11.3 Å². The summed E-state index contributed by atoms with van der Waals surface area (Å²) >= 11 is 1.20. The molecule has 2 aliphatic heterocycles. The quantitative estimate of drug-likeness (QED) is 0.667. The first-order valence-corrected chi connectivity index (χ1v) is 12.9. The van der Waals surface area contributed by atoms with Crippen molar-refractivity contribution in [2.45, 2.75) is 48.8 Å². The van der Waals surface area contributed by atoms with Gasteiger partial charge in [0.2, 0.25) is 5.91 Å². The number of nitrogens with one attached hydrogen (secondary N) is 1. The molecular formula is C21H29N3O4S2. The fraction of sp³-hybridized carbons (Fsp3) is 0.571. The van der Waals surface area contributed by atoms with Gasteiger partial charge in [0.05, 0.1) is 18.7 Å². The van der Waals surface area contributed by atoms with E-state index >= 15 is 0 Å². The highest BCUT2D eigenvalue weighted by atomic mass is 32.2. The lowest BCUT2D eigenvalue weighted by Crippen LogP contribution is -2.37. The number of sulfonamides is 1. The third-order valence-corrected chi connectivity index (χ3v) is 9.28. The maximum Gasteiger partial charge on any atom is 0.252 e. The number of hydrogen-bond donors (Lipinski definition) is 1. The molecule has 1 amide bonds. The van der Waals surface area contributed by atoms with Gasteiger partial charge in [0.25, 0.3) is 10.0 Å². The molecule has 0 radical (unpaired) electrons. The maximum absolute atomic E-state index is 12.8. The van der Waals surface area contributed by atoms with E-state index in [1.54, 1.807) is 22.7 Å². The minimum atomic E-state index is -3.44. The van der Waals surface area contributed by atoms with Gasteiger partial charge in [0, 0.05) is 24.5 Å². The molecule has 1 atom stereocenters. The van der Waals surface area contributed by atoms with Crippen LogP contribution in [0.4, 0.5) is 0 Å². The number of carbonyl (C=O) groups excluding carboxylic acids is 1. The summed E-state index contributed by atoms with van der Waals surface area (Å²) in [5, 5.41) is 3.01. The Balaban J connectivity index is 1.35. The minimum absolute atomic E-state index is 0.0322. The highest BCUT2D eigenvalue weighted by Crippen LogP contribution is 2.28. The van der Waals surface area contributed by atoms with E-state index in [1.165, 1.54) is 11.3 Å². The Morgan fingerprint density at radius 1 is 1.07 bits per heavy atom. The molecule has 1 unspecified atom stereocenters. The zero-order valence-electron chi connectivity index (χ0n) is 17.1. The van der Waals surface area contributed by atoms with Crippen LogP contribution in [0.15, 0.2) is 39.2 Å². The lowest BCUT2D eigenvalue weighted by molar-refractivity contribution is -0.120. The van der Waals surface area contributed by atoms with Gasteiger partial charge in [-0.25, -0.2) is 8.42 Å². The van der Waals surface area contributed by atoms with Crippen LogP contribution in [0.25, 0.3) is 0 Å². The highest BCUT2D eigenvalue weighted by molar-refractivity contribution is 7.91. The molecule has 4 heterocycles. The average Bonchev–Trinajstić information content (AvgIpc) is 3.52. The molecule has 2 fully saturated rings. The highest BCUT2D eigenvalue weighted by Gasteiger charge is 2.28. The van der Waals surface area contributed by atoms with Crippen molar-refractivity contribution in [2.24, 2.45) is 0 Å². The van der Waals surface area contributed by atoms with Gasteiger partial charge in [-0.2, -0.15) is 4.31 Å². The van der Waals surface area contributed by atoms with E-state index in [0.717, 1.165) is 55.8 Å². The molecule has 2 aromatic heterocycles. The van der Waals surface area contributed by atoms with Crippen molar-refractivity contribution in [2.75, 3.05) is 32.7 Å². The molecular weight excluding hydrogens is 422 g/mol. The Hall–Kier alpha value is -1.68. The van der Waals surface area contributed by atoms with E-state index in [4.69, 9.17) is 4.42 Å². The first-order valence-electron chi connectivity index (χ1n) is 10.7. The Morgan fingerprint density at radius 2 is 1.80 bits per heavy atom. The summed E-state index contributed by atoms with van der Waals surface area (Å²) in [4.78, 5) is 15.7. The predicted octanol–water partition coefficient (Wildman–Crippen LogP) is 3.01. The molecule has 30 heavy (non-hydrogen) atoms. The number of carbonyl (C=O) groups is 1. The summed E-state index contributed by atoms with van der Waals surface area (Å²) in [6.45, 7) is 3.66. The summed E-state index contributed by atoms with van der Waals surface area (Å²) in [7, 11) is -3.44. The second-order valence-corrected chi connectivity index (χ2v) is 11.3. The zero-order valence-corrected chi connectivity index (χ0v) is 18.7. The van der Waals surface area contributed by atoms with Crippen molar-refractivity contribution in [3.8, 4) is 0 Å². The van der Waals surface area contributed by atoms with Crippen molar-refractivity contribution in [1.29, 1.82) is 0 Å². The molecule has 9 heteroatoms. The number of thiophene rings is 1. The lowest BCUT2D eigenvalue weighted by atomic mass is 10.2. The van der Waals surface area contributed by atoms with Gasteiger partial charge in [0.15, 0.2) is 0 Å². The molecule has 2 aromatic rings. The fourth-order valence-corrected chi connectivity index (χ4v) is 7.23. The molecule has 0 spiro atoms. The second-order valence-electron chi connectivity index (χ2n) is 7.94. The van der Waals surface area contributed by atoms with Crippen LogP contribution in [0.2, 0.25) is 0 Å². The molecule has 4 rings (SSSR count). The Bertz CT molecular complexity index is 927. The van der Waals surface area contributed by atoms with E-state index < -0.39 is 10.0 Å². The van der Waals surface area contributed by atoms with E-state index in [1.807, 2.05) is 12.1 Å². The number of rotatable bonds is 8. The molecule has 0 aromatic carbocycles. The summed E-state index contributed by atoms with van der Waals surface area (Å²) in [5.41, 5.74) is 0. The van der Waals surface area contributed by atoms with E-state index in [0.29, 0.717) is 23.8 Å². The molecule has 2 aliphatic rings. The van der Waals surface area contributed by atoms with Gasteiger partial charge in [-0.1, -0.05) is 6.42 Å². The minimum Gasteiger partial charge on any atom is -0.468 e. The van der Waals surface area contributed by atoms with Crippen molar-refractivity contribution in [3.05, 3.63) is 41.2 Å². The number of nitrogens with zero attached hydrogens (tertiary/aromatic N) is 2. The van der Waals surface area contributed by atoms with Crippen molar-refractivity contribution in [1.82, 2.24) is 14.5 Å². The monoisotopic (exact) mass is 451 g/mol. The number of likely N-dealkylation sites (tertiary alicyclic amines) is 1. The third kappa shape index (κ3) is 4.96. The molecule has 0 saturated carbocycles. The summed E-state index contributed by atoms with van der Waals surface area (Å²) in [6.07, 6.45) is 7.07. The Kier molecular flexibility index (Phi) is 6.92. The molecule has 0 bridgehead atoms. The zero-order chi connectivity index (χ0) is 21.0. The lowest BCUT2D eigenvalue weighted by Gasteiger charge is -2.26. The molecule has 164 valence electrons. The largest absolute Gasteiger partial charge is 0.468 e. The van der Waals surface area contributed by atoms with Crippen LogP contribution in [-0.2, 0) is 21.2 Å². The summed E-state index contributed by atoms with van der Waals surface area (Å²) < 4.78 is 33.1. The summed E-state index contributed by atoms with van der Waals surface area (Å²) in [5.74, 6) is 0.762. The average molecular weight is 452 g/mol. The van der Waals surface area contributed by atoms with Crippen LogP contribution in [0, 0.1) is 0 Å². The van der Waals surface area contributed by atoms with Gasteiger partial charge in [-0.3, -0.25) is 9.69 Å². The maximum atomic E-state index is 12.8. The molecule has 1 N–H and O–H groups in total. The third-order valence-electron chi connectivity index (χ3n) is 5.83. The van der Waals surface area contributed by atoms with Crippen LogP contribution in [0.3, 0.4) is 0 Å². The number of hydrogen-bond acceptors (Lipinski definition) is 6. The standard InChI is InChI=1S/C21H29N3O4S2/c25-20(22-16-18(19-7-6-14-28-19)23-10-4-5-11-23)15-17-8-9-21(29-17)30(26,27)24-12-2-1-3-13-24/h6-9,14,18H,1-5,10-13,15-16H2,(H,22,25). The van der Waals surface area contributed by atoms with E-state index in [-0.39, 0.29) is 18.4 Å². The summed E-state index contributed by atoms with van der Waals surface area (Å²) in [6, 6.07) is 7.24. The molecule has 7 nitrogen and oxygen atoms in total. The van der Waals surface area contributed by atoms with Crippen LogP contribution >= 0.6 is 11.3 Å². The predicted molar refractivity (Wildman–Crippen MR) is 116 cm³/mol. The van der Waals surface area contributed by atoms with Gasteiger partial charge in [0.1, 0.15) is 9.97 Å². The van der Waals surface area contributed by atoms with Crippen molar-refractivity contribution in [3.63, 3.8) is 0 Å². The van der Waals surface area contributed by atoms with Crippen LogP contribution < -0.4 is 5.32 Å². The van der Waals surface area contributed by atoms with Crippen LogP contribution in [0.1, 0.15) is 48.8 Å². The second kappa shape index (κ2) is 9.64. The molecule has 0 aliphatic carbocycles.